The van der Waals surface area contributed by atoms with Crippen LogP contribution in [0.1, 0.15) is 45.4 Å². The van der Waals surface area contributed by atoms with Crippen LogP contribution in [0.25, 0.3) is 10.8 Å². The minimum absolute atomic E-state index is 0.184. The first-order valence-corrected chi connectivity index (χ1v) is 11.7. The zero-order valence-corrected chi connectivity index (χ0v) is 20.1. The number of esters is 1. The summed E-state index contributed by atoms with van der Waals surface area (Å²) < 4.78 is 22.3. The molecular formula is C28H26N2O6. The van der Waals surface area contributed by atoms with Crippen LogP contribution < -0.4 is 14.8 Å². The third kappa shape index (κ3) is 4.88. The first kappa shape index (κ1) is 23.4. The second-order valence-electron chi connectivity index (χ2n) is 8.66. The normalized spacial score (nSPS) is 14.6. The van der Waals surface area contributed by atoms with E-state index in [0.29, 0.717) is 24.5 Å². The van der Waals surface area contributed by atoms with E-state index in [1.165, 1.54) is 0 Å². The second kappa shape index (κ2) is 10.1. The molecule has 0 spiro atoms. The van der Waals surface area contributed by atoms with E-state index in [0.717, 1.165) is 33.3 Å². The van der Waals surface area contributed by atoms with E-state index in [4.69, 9.17) is 18.7 Å². The van der Waals surface area contributed by atoms with Crippen molar-refractivity contribution in [2.75, 3.05) is 13.2 Å². The van der Waals surface area contributed by atoms with Crippen LogP contribution in [0.2, 0.25) is 0 Å². The lowest BCUT2D eigenvalue weighted by Gasteiger charge is -2.26. The SMILES string of the molecule is Cc1noc(C)c1COc1cc2ccccc2cc1C(=O)OCC(=O)NC1CCOc2ccccc21. The molecule has 0 saturated heterocycles. The molecule has 36 heavy (non-hydrogen) atoms. The Morgan fingerprint density at radius 2 is 1.81 bits per heavy atom. The van der Waals surface area contributed by atoms with Gasteiger partial charge in [0.1, 0.15) is 29.4 Å². The average molecular weight is 487 g/mol. The van der Waals surface area contributed by atoms with Crippen molar-refractivity contribution in [1.82, 2.24) is 10.5 Å². The zero-order chi connectivity index (χ0) is 25.1. The molecule has 1 amide bonds. The number of hydrogen-bond acceptors (Lipinski definition) is 7. The highest BCUT2D eigenvalue weighted by atomic mass is 16.5. The molecule has 1 atom stereocenters. The molecule has 0 aliphatic carbocycles. The number of aromatic nitrogens is 1. The van der Waals surface area contributed by atoms with Crippen molar-refractivity contribution in [2.45, 2.75) is 32.9 Å². The van der Waals surface area contributed by atoms with Crippen molar-refractivity contribution in [2.24, 2.45) is 0 Å². The summed E-state index contributed by atoms with van der Waals surface area (Å²) >= 11 is 0. The molecule has 184 valence electrons. The van der Waals surface area contributed by atoms with E-state index in [2.05, 4.69) is 10.5 Å². The monoisotopic (exact) mass is 486 g/mol. The number of fused-ring (bicyclic) bond motifs is 2. The molecule has 1 aliphatic heterocycles. The lowest BCUT2D eigenvalue weighted by molar-refractivity contribution is -0.125. The molecule has 0 saturated carbocycles. The van der Waals surface area contributed by atoms with Gasteiger partial charge in [-0.05, 0) is 42.8 Å². The number of nitrogens with one attached hydrogen (secondary N) is 1. The molecule has 1 aromatic heterocycles. The third-order valence-electron chi connectivity index (χ3n) is 6.25. The van der Waals surface area contributed by atoms with Crippen LogP contribution in [0.5, 0.6) is 11.5 Å². The number of rotatable bonds is 7. The van der Waals surface area contributed by atoms with Gasteiger partial charge in [0, 0.05) is 12.0 Å². The molecule has 2 heterocycles. The van der Waals surface area contributed by atoms with E-state index in [1.807, 2.05) is 62.4 Å². The van der Waals surface area contributed by atoms with Crippen LogP contribution in [-0.2, 0) is 16.1 Å². The van der Waals surface area contributed by atoms with Gasteiger partial charge in [0.25, 0.3) is 5.91 Å². The van der Waals surface area contributed by atoms with Gasteiger partial charge in [0.2, 0.25) is 0 Å². The molecular weight excluding hydrogens is 460 g/mol. The van der Waals surface area contributed by atoms with Gasteiger partial charge in [-0.3, -0.25) is 4.79 Å². The Kier molecular flexibility index (Phi) is 6.58. The van der Waals surface area contributed by atoms with Crippen LogP contribution in [-0.4, -0.2) is 30.2 Å². The first-order valence-electron chi connectivity index (χ1n) is 11.7. The highest BCUT2D eigenvalue weighted by molar-refractivity contribution is 5.99. The number of ether oxygens (including phenoxy) is 3. The molecule has 3 aromatic carbocycles. The molecule has 0 radical (unpaired) electrons. The maximum Gasteiger partial charge on any atom is 0.342 e. The number of nitrogens with zero attached hydrogens (tertiary/aromatic N) is 1. The molecule has 1 aliphatic rings. The summed E-state index contributed by atoms with van der Waals surface area (Å²) in [5.41, 5.74) is 2.69. The van der Waals surface area contributed by atoms with Crippen molar-refractivity contribution in [3.05, 3.63) is 88.8 Å². The van der Waals surface area contributed by atoms with Crippen LogP contribution in [0, 0.1) is 13.8 Å². The fourth-order valence-electron chi connectivity index (χ4n) is 4.29. The van der Waals surface area contributed by atoms with Gasteiger partial charge in [-0.25, -0.2) is 4.79 Å². The quantitative estimate of drug-likeness (QED) is 0.374. The van der Waals surface area contributed by atoms with Gasteiger partial charge >= 0.3 is 5.97 Å². The molecule has 5 rings (SSSR count). The highest BCUT2D eigenvalue weighted by Gasteiger charge is 2.24. The van der Waals surface area contributed by atoms with Gasteiger partial charge in [0.15, 0.2) is 6.61 Å². The fourth-order valence-corrected chi connectivity index (χ4v) is 4.29. The summed E-state index contributed by atoms with van der Waals surface area (Å²) in [4.78, 5) is 25.7. The fraction of sp³-hybridized carbons (Fsp3) is 0.250. The lowest BCUT2D eigenvalue weighted by Crippen LogP contribution is -2.35. The predicted octanol–water partition coefficient (Wildman–Crippen LogP) is 4.82. The number of aryl methyl sites for hydroxylation is 2. The smallest absolute Gasteiger partial charge is 0.342 e. The van der Waals surface area contributed by atoms with E-state index in [9.17, 15) is 9.59 Å². The average Bonchev–Trinajstić information content (AvgIpc) is 3.22. The van der Waals surface area contributed by atoms with E-state index < -0.39 is 12.6 Å². The minimum Gasteiger partial charge on any atom is -0.493 e. The van der Waals surface area contributed by atoms with Crippen molar-refractivity contribution in [3.8, 4) is 11.5 Å². The Morgan fingerprint density at radius 1 is 1.06 bits per heavy atom. The maximum absolute atomic E-state index is 13.1. The summed E-state index contributed by atoms with van der Waals surface area (Å²) in [6.07, 6.45) is 0.640. The van der Waals surface area contributed by atoms with Crippen molar-refractivity contribution < 1.29 is 28.3 Å². The summed E-state index contributed by atoms with van der Waals surface area (Å²) in [6.45, 7) is 3.92. The Morgan fingerprint density at radius 3 is 2.58 bits per heavy atom. The van der Waals surface area contributed by atoms with Gasteiger partial charge < -0.3 is 24.1 Å². The number of para-hydroxylation sites is 1. The minimum atomic E-state index is -0.642. The topological polar surface area (TPSA) is 99.9 Å². The largest absolute Gasteiger partial charge is 0.493 e. The zero-order valence-electron chi connectivity index (χ0n) is 20.1. The van der Waals surface area contributed by atoms with Gasteiger partial charge in [-0.2, -0.15) is 0 Å². The molecule has 0 fully saturated rings. The van der Waals surface area contributed by atoms with Gasteiger partial charge in [-0.15, -0.1) is 0 Å². The van der Waals surface area contributed by atoms with E-state index in [-0.39, 0.29) is 24.1 Å². The summed E-state index contributed by atoms with van der Waals surface area (Å²) in [7, 11) is 0. The number of carbonyl (C=O) groups is 2. The van der Waals surface area contributed by atoms with Crippen LogP contribution in [0.15, 0.2) is 65.2 Å². The van der Waals surface area contributed by atoms with E-state index >= 15 is 0 Å². The second-order valence-corrected chi connectivity index (χ2v) is 8.66. The number of benzene rings is 3. The third-order valence-corrected chi connectivity index (χ3v) is 6.25. The summed E-state index contributed by atoms with van der Waals surface area (Å²) in [5, 5.41) is 8.66. The number of amides is 1. The van der Waals surface area contributed by atoms with Gasteiger partial charge in [0.05, 0.1) is 23.9 Å². The molecule has 8 nitrogen and oxygen atoms in total. The Balaban J connectivity index is 1.30. The lowest BCUT2D eigenvalue weighted by atomic mass is 10.0. The van der Waals surface area contributed by atoms with Gasteiger partial charge in [-0.1, -0.05) is 47.6 Å². The first-order chi connectivity index (χ1) is 17.5. The predicted molar refractivity (Wildman–Crippen MR) is 132 cm³/mol. The number of carbonyl (C=O) groups excluding carboxylic acids is 2. The van der Waals surface area contributed by atoms with Crippen LogP contribution in [0.4, 0.5) is 0 Å². The molecule has 1 unspecified atom stereocenters. The van der Waals surface area contributed by atoms with Crippen molar-refractivity contribution >= 4 is 22.6 Å². The Bertz CT molecular complexity index is 1410. The van der Waals surface area contributed by atoms with Crippen molar-refractivity contribution in [1.29, 1.82) is 0 Å². The van der Waals surface area contributed by atoms with E-state index in [1.54, 1.807) is 12.1 Å². The molecule has 8 heteroatoms. The molecule has 0 bridgehead atoms. The molecule has 4 aromatic rings. The van der Waals surface area contributed by atoms with Crippen LogP contribution >= 0.6 is 0 Å². The Hall–Kier alpha value is -4.33. The Labute approximate surface area is 208 Å². The summed E-state index contributed by atoms with van der Waals surface area (Å²) in [5.74, 6) is 0.740. The number of hydrogen-bond donors (Lipinski definition) is 1. The maximum atomic E-state index is 13.1. The van der Waals surface area contributed by atoms with Crippen molar-refractivity contribution in [3.63, 3.8) is 0 Å². The highest BCUT2D eigenvalue weighted by Crippen LogP contribution is 2.32. The molecule has 1 N–H and O–H groups in total. The van der Waals surface area contributed by atoms with Crippen LogP contribution in [0.3, 0.4) is 0 Å². The standard InChI is InChI=1S/C28H26N2O6/c1-17-23(18(2)36-30-17)15-34-26-14-20-8-4-3-7-19(20)13-22(26)28(32)35-16-27(31)29-24-11-12-33-25-10-6-5-9-21(24)25/h3-10,13-14,24H,11-12,15-16H2,1-2H3,(H,29,31). The summed E-state index contributed by atoms with van der Waals surface area (Å²) in [6, 6.07) is 18.5.